The molecule has 0 fully saturated rings. The van der Waals surface area contributed by atoms with Crippen molar-refractivity contribution in [1.29, 1.82) is 0 Å². The summed E-state index contributed by atoms with van der Waals surface area (Å²) in [5.74, 6) is 0.319. The molecule has 0 atom stereocenters. The topological polar surface area (TPSA) is 52.0 Å². The van der Waals surface area contributed by atoms with E-state index in [9.17, 15) is 9.59 Å². The Bertz CT molecular complexity index is 718. The molecule has 0 aliphatic heterocycles. The van der Waals surface area contributed by atoms with Crippen molar-refractivity contribution < 1.29 is 4.79 Å². The zero-order valence-electron chi connectivity index (χ0n) is 12.3. The molecule has 110 valence electrons. The van der Waals surface area contributed by atoms with E-state index in [0.717, 1.165) is 0 Å². The molecule has 0 unspecified atom stereocenters. The van der Waals surface area contributed by atoms with Crippen molar-refractivity contribution >= 4 is 21.7 Å². The molecular formula is C16H17BrN2O2. The largest absolute Gasteiger partial charge is 0.292 e. The third kappa shape index (κ3) is 3.47. The van der Waals surface area contributed by atoms with E-state index in [1.54, 1.807) is 19.1 Å². The van der Waals surface area contributed by atoms with Gasteiger partial charge in [0.05, 0.1) is 18.6 Å². The van der Waals surface area contributed by atoms with E-state index in [1.165, 1.54) is 16.5 Å². The minimum atomic E-state index is -0.241. The normalized spacial score (nSPS) is 10.9. The second kappa shape index (κ2) is 6.35. The lowest BCUT2D eigenvalue weighted by molar-refractivity contribution is 0.0970. The minimum absolute atomic E-state index is 0.00820. The summed E-state index contributed by atoms with van der Waals surface area (Å²) < 4.78 is 1.71. The summed E-state index contributed by atoms with van der Waals surface area (Å²) in [6.07, 6.45) is 1.41. The Labute approximate surface area is 132 Å². The fourth-order valence-electron chi connectivity index (χ4n) is 1.96. The van der Waals surface area contributed by atoms with Gasteiger partial charge in [0.1, 0.15) is 4.47 Å². The second-order valence-corrected chi connectivity index (χ2v) is 6.07. The Balaban J connectivity index is 2.22. The molecule has 2 rings (SSSR count). The maximum absolute atomic E-state index is 12.2. The molecule has 5 heteroatoms. The highest BCUT2D eigenvalue weighted by atomic mass is 79.9. The van der Waals surface area contributed by atoms with Gasteiger partial charge in [-0.1, -0.05) is 38.1 Å². The fourth-order valence-corrected chi connectivity index (χ4v) is 2.29. The lowest BCUT2D eigenvalue weighted by atomic mass is 10.0. The van der Waals surface area contributed by atoms with E-state index in [1.807, 2.05) is 12.1 Å². The molecule has 21 heavy (non-hydrogen) atoms. The molecular weight excluding hydrogens is 332 g/mol. The number of rotatable bonds is 4. The van der Waals surface area contributed by atoms with Crippen molar-refractivity contribution in [3.63, 3.8) is 0 Å². The molecule has 0 aliphatic rings. The Morgan fingerprint density at radius 1 is 1.29 bits per heavy atom. The maximum Gasteiger partial charge on any atom is 0.268 e. The summed E-state index contributed by atoms with van der Waals surface area (Å²) in [6, 6.07) is 7.51. The van der Waals surface area contributed by atoms with Crippen molar-refractivity contribution in [3.05, 3.63) is 62.2 Å². The lowest BCUT2D eigenvalue weighted by Gasteiger charge is -2.08. The van der Waals surface area contributed by atoms with Gasteiger partial charge in [-0.05, 0) is 34.3 Å². The predicted molar refractivity (Wildman–Crippen MR) is 85.8 cm³/mol. The molecule has 1 aromatic carbocycles. The van der Waals surface area contributed by atoms with Crippen molar-refractivity contribution in [3.8, 4) is 0 Å². The number of hydrogen-bond acceptors (Lipinski definition) is 3. The summed E-state index contributed by atoms with van der Waals surface area (Å²) in [7, 11) is 0. The van der Waals surface area contributed by atoms with Crippen LogP contribution in [0.4, 0.5) is 0 Å². The molecule has 1 heterocycles. The van der Waals surface area contributed by atoms with Gasteiger partial charge in [0.15, 0.2) is 5.78 Å². The standard InChI is InChI=1S/C16H17BrN2O2/c1-10(2)12-4-6-13(7-5-12)14(20)8-19-9-18-11(3)15(17)16(19)21/h4-7,9-10H,8H2,1-3H3. The van der Waals surface area contributed by atoms with Crippen molar-refractivity contribution in [2.75, 3.05) is 0 Å². The fraction of sp³-hybridized carbons (Fsp3) is 0.312. The van der Waals surface area contributed by atoms with Crippen molar-refractivity contribution in [1.82, 2.24) is 9.55 Å². The highest BCUT2D eigenvalue weighted by Gasteiger charge is 2.11. The quantitative estimate of drug-likeness (QED) is 0.796. The van der Waals surface area contributed by atoms with Gasteiger partial charge < -0.3 is 0 Å². The van der Waals surface area contributed by atoms with Gasteiger partial charge >= 0.3 is 0 Å². The van der Waals surface area contributed by atoms with Crippen LogP contribution in [0.5, 0.6) is 0 Å². The first-order valence-electron chi connectivity index (χ1n) is 6.75. The first-order valence-corrected chi connectivity index (χ1v) is 7.54. The number of aromatic nitrogens is 2. The van der Waals surface area contributed by atoms with Crippen LogP contribution in [0.25, 0.3) is 0 Å². The summed E-state index contributed by atoms with van der Waals surface area (Å²) in [4.78, 5) is 28.4. The van der Waals surface area contributed by atoms with Gasteiger partial charge in [0, 0.05) is 5.56 Å². The third-order valence-electron chi connectivity index (χ3n) is 3.37. The molecule has 2 aromatic rings. The Kier molecular flexibility index (Phi) is 4.73. The van der Waals surface area contributed by atoms with Gasteiger partial charge in [-0.25, -0.2) is 4.98 Å². The maximum atomic E-state index is 12.2. The van der Waals surface area contributed by atoms with E-state index in [4.69, 9.17) is 0 Å². The Morgan fingerprint density at radius 3 is 2.48 bits per heavy atom. The SMILES string of the molecule is Cc1ncn(CC(=O)c2ccc(C(C)C)cc2)c(=O)c1Br. The monoisotopic (exact) mass is 348 g/mol. The van der Waals surface area contributed by atoms with Crippen LogP contribution in [0.2, 0.25) is 0 Å². The van der Waals surface area contributed by atoms with Crippen LogP contribution in [-0.4, -0.2) is 15.3 Å². The summed E-state index contributed by atoms with van der Waals surface area (Å²) in [5, 5.41) is 0. The van der Waals surface area contributed by atoms with Crippen LogP contribution in [0.1, 0.15) is 41.4 Å². The van der Waals surface area contributed by atoms with Crippen molar-refractivity contribution in [2.45, 2.75) is 33.2 Å². The van der Waals surface area contributed by atoms with Crippen LogP contribution in [0, 0.1) is 6.92 Å². The van der Waals surface area contributed by atoms with Gasteiger partial charge in [-0.2, -0.15) is 0 Å². The lowest BCUT2D eigenvalue weighted by Crippen LogP contribution is -2.25. The number of ketones is 1. The number of aryl methyl sites for hydroxylation is 1. The first-order chi connectivity index (χ1) is 9.90. The summed E-state index contributed by atoms with van der Waals surface area (Å²) in [5.41, 5.74) is 2.16. The number of carbonyl (C=O) groups is 1. The second-order valence-electron chi connectivity index (χ2n) is 5.28. The van der Waals surface area contributed by atoms with E-state index in [0.29, 0.717) is 21.6 Å². The molecule has 0 spiro atoms. The minimum Gasteiger partial charge on any atom is -0.292 e. The number of Topliss-reactive ketones (excluding diaryl/α,β-unsaturated/α-hetero) is 1. The highest BCUT2D eigenvalue weighted by Crippen LogP contribution is 2.15. The molecule has 0 aliphatic carbocycles. The van der Waals surface area contributed by atoms with Crippen LogP contribution in [0.3, 0.4) is 0 Å². The van der Waals surface area contributed by atoms with Gasteiger partial charge in [0.25, 0.3) is 5.56 Å². The average molecular weight is 349 g/mol. The summed E-state index contributed by atoms with van der Waals surface area (Å²) in [6.45, 7) is 5.94. The molecule has 0 radical (unpaired) electrons. The zero-order chi connectivity index (χ0) is 15.6. The van der Waals surface area contributed by atoms with Gasteiger partial charge in [-0.3, -0.25) is 14.2 Å². The molecule has 0 saturated carbocycles. The smallest absolute Gasteiger partial charge is 0.268 e. The van der Waals surface area contributed by atoms with Crippen LogP contribution >= 0.6 is 15.9 Å². The average Bonchev–Trinajstić information content (AvgIpc) is 2.48. The molecule has 0 saturated heterocycles. The van der Waals surface area contributed by atoms with Crippen LogP contribution < -0.4 is 5.56 Å². The Morgan fingerprint density at radius 2 is 1.90 bits per heavy atom. The van der Waals surface area contributed by atoms with E-state index >= 15 is 0 Å². The van der Waals surface area contributed by atoms with E-state index < -0.39 is 0 Å². The van der Waals surface area contributed by atoms with Crippen molar-refractivity contribution in [2.24, 2.45) is 0 Å². The first kappa shape index (κ1) is 15.6. The predicted octanol–water partition coefficient (Wildman–Crippen LogP) is 3.32. The Hall–Kier alpha value is -1.75. The molecule has 0 N–H and O–H groups in total. The number of carbonyl (C=O) groups excluding carboxylic acids is 1. The van der Waals surface area contributed by atoms with E-state index in [-0.39, 0.29) is 17.9 Å². The molecule has 4 nitrogen and oxygen atoms in total. The molecule has 0 bridgehead atoms. The highest BCUT2D eigenvalue weighted by molar-refractivity contribution is 9.10. The number of nitrogens with zero attached hydrogens (tertiary/aromatic N) is 2. The van der Waals surface area contributed by atoms with Crippen LogP contribution in [-0.2, 0) is 6.54 Å². The van der Waals surface area contributed by atoms with Crippen LogP contribution in [0.15, 0.2) is 39.9 Å². The molecule has 1 aromatic heterocycles. The molecule has 0 amide bonds. The number of hydrogen-bond donors (Lipinski definition) is 0. The summed E-state index contributed by atoms with van der Waals surface area (Å²) >= 11 is 3.19. The van der Waals surface area contributed by atoms with E-state index in [2.05, 4.69) is 34.8 Å². The zero-order valence-corrected chi connectivity index (χ0v) is 13.8. The van der Waals surface area contributed by atoms with Gasteiger partial charge in [0.2, 0.25) is 0 Å². The third-order valence-corrected chi connectivity index (χ3v) is 4.28. The number of halogens is 1. The number of benzene rings is 1. The van der Waals surface area contributed by atoms with Gasteiger partial charge in [-0.15, -0.1) is 0 Å².